The summed E-state index contributed by atoms with van der Waals surface area (Å²) in [7, 11) is 2.22. The topological polar surface area (TPSA) is 42.9 Å². The molecule has 3 rings (SSSR count). The number of aliphatic imine (C=N–C) groups is 1. The van der Waals surface area contributed by atoms with Gasteiger partial charge in [-0.3, -0.25) is 9.89 Å². The van der Waals surface area contributed by atoms with Crippen molar-refractivity contribution in [1.82, 2.24) is 20.4 Å². The summed E-state index contributed by atoms with van der Waals surface area (Å²) in [5.41, 5.74) is 0. The molecule has 5 nitrogen and oxygen atoms in total. The van der Waals surface area contributed by atoms with E-state index < -0.39 is 0 Å². The highest BCUT2D eigenvalue weighted by atomic mass is 15.3. The van der Waals surface area contributed by atoms with Crippen LogP contribution in [0.1, 0.15) is 39.0 Å². The van der Waals surface area contributed by atoms with Crippen LogP contribution in [-0.4, -0.2) is 73.7 Å². The van der Waals surface area contributed by atoms with E-state index in [-0.39, 0.29) is 0 Å². The van der Waals surface area contributed by atoms with Crippen LogP contribution >= 0.6 is 0 Å². The highest BCUT2D eigenvalue weighted by molar-refractivity contribution is 5.80. The summed E-state index contributed by atoms with van der Waals surface area (Å²) in [6, 6.07) is 2.10. The minimum absolute atomic E-state index is 0.574. The van der Waals surface area contributed by atoms with E-state index in [1.54, 1.807) is 0 Å². The van der Waals surface area contributed by atoms with Gasteiger partial charge in [0.05, 0.1) is 6.54 Å². The molecule has 0 bridgehead atoms. The second-order valence-electron chi connectivity index (χ2n) is 6.85. The molecule has 21 heavy (non-hydrogen) atoms. The number of nitrogens with one attached hydrogen (secondary N) is 2. The molecule has 2 unspecified atom stereocenters. The summed E-state index contributed by atoms with van der Waals surface area (Å²) in [6.07, 6.45) is 6.69. The zero-order chi connectivity index (χ0) is 14.7. The Hall–Kier alpha value is -0.810. The lowest BCUT2D eigenvalue weighted by Crippen LogP contribution is -2.45. The second-order valence-corrected chi connectivity index (χ2v) is 6.85. The van der Waals surface area contributed by atoms with Gasteiger partial charge in [0.1, 0.15) is 0 Å². The first kappa shape index (κ1) is 15.1. The fourth-order valence-corrected chi connectivity index (χ4v) is 3.60. The lowest BCUT2D eigenvalue weighted by Gasteiger charge is -2.21. The van der Waals surface area contributed by atoms with Crippen molar-refractivity contribution in [3.05, 3.63) is 0 Å². The third-order valence-electron chi connectivity index (χ3n) is 5.10. The van der Waals surface area contributed by atoms with Gasteiger partial charge in [0.15, 0.2) is 5.96 Å². The zero-order valence-electron chi connectivity index (χ0n) is 13.6. The fourth-order valence-electron chi connectivity index (χ4n) is 3.60. The normalized spacial score (nSPS) is 31.8. The van der Waals surface area contributed by atoms with Crippen molar-refractivity contribution in [2.45, 2.75) is 57.2 Å². The number of likely N-dealkylation sites (tertiary alicyclic amines) is 2. The maximum atomic E-state index is 4.83. The van der Waals surface area contributed by atoms with E-state index in [4.69, 9.17) is 4.99 Å². The number of hydrogen-bond donors (Lipinski definition) is 2. The van der Waals surface area contributed by atoms with Gasteiger partial charge < -0.3 is 15.5 Å². The fraction of sp³-hybridized carbons (Fsp3) is 0.938. The largest absolute Gasteiger partial charge is 0.357 e. The van der Waals surface area contributed by atoms with Gasteiger partial charge in [-0.25, -0.2) is 0 Å². The Morgan fingerprint density at radius 2 is 2.05 bits per heavy atom. The molecular weight excluding hydrogens is 262 g/mol. The van der Waals surface area contributed by atoms with Crippen LogP contribution in [0.5, 0.6) is 0 Å². The molecule has 3 fully saturated rings. The van der Waals surface area contributed by atoms with Crippen LogP contribution in [0.25, 0.3) is 0 Å². The average molecular weight is 293 g/mol. The molecule has 2 atom stereocenters. The zero-order valence-corrected chi connectivity index (χ0v) is 13.6. The smallest absolute Gasteiger partial charge is 0.191 e. The maximum absolute atomic E-state index is 4.83. The van der Waals surface area contributed by atoms with E-state index in [0.717, 1.165) is 25.1 Å². The molecule has 2 heterocycles. The maximum Gasteiger partial charge on any atom is 0.191 e. The molecule has 0 aromatic rings. The lowest BCUT2D eigenvalue weighted by atomic mass is 10.2. The third-order valence-corrected chi connectivity index (χ3v) is 5.10. The average Bonchev–Trinajstić information content (AvgIpc) is 3.09. The molecule has 2 saturated heterocycles. The number of rotatable bonds is 5. The molecule has 0 radical (unpaired) electrons. The van der Waals surface area contributed by atoms with Crippen LogP contribution in [0.15, 0.2) is 4.99 Å². The molecule has 0 aromatic carbocycles. The van der Waals surface area contributed by atoms with E-state index in [1.807, 2.05) is 0 Å². The van der Waals surface area contributed by atoms with E-state index in [0.29, 0.717) is 12.1 Å². The minimum Gasteiger partial charge on any atom is -0.357 e. The van der Waals surface area contributed by atoms with Crippen molar-refractivity contribution in [2.75, 3.05) is 39.8 Å². The minimum atomic E-state index is 0.574. The lowest BCUT2D eigenvalue weighted by molar-refractivity contribution is 0.316. The summed E-state index contributed by atoms with van der Waals surface area (Å²) < 4.78 is 0. The number of likely N-dealkylation sites (N-methyl/N-ethyl adjacent to an activating group) is 1. The quantitative estimate of drug-likeness (QED) is 0.583. The van der Waals surface area contributed by atoms with Gasteiger partial charge in [-0.15, -0.1) is 0 Å². The standard InChI is InChI=1S/C16H31N5/c1-3-17-16(18-11-15-5-4-9-20(15)2)19-13-8-10-21(12-13)14-6-7-14/h13-15H,3-12H2,1-2H3,(H2,17,18,19). The molecule has 0 amide bonds. The first-order valence-electron chi connectivity index (χ1n) is 8.75. The van der Waals surface area contributed by atoms with Crippen LogP contribution in [0.3, 0.4) is 0 Å². The van der Waals surface area contributed by atoms with E-state index >= 15 is 0 Å². The molecule has 120 valence electrons. The van der Waals surface area contributed by atoms with Crippen LogP contribution in [0, 0.1) is 0 Å². The van der Waals surface area contributed by atoms with Crippen molar-refractivity contribution in [2.24, 2.45) is 4.99 Å². The van der Waals surface area contributed by atoms with Gasteiger partial charge in [0.25, 0.3) is 0 Å². The Balaban J connectivity index is 1.49. The van der Waals surface area contributed by atoms with Crippen LogP contribution in [0.2, 0.25) is 0 Å². The van der Waals surface area contributed by atoms with E-state index in [2.05, 4.69) is 34.4 Å². The van der Waals surface area contributed by atoms with Gasteiger partial charge in [-0.1, -0.05) is 0 Å². The van der Waals surface area contributed by atoms with Gasteiger partial charge >= 0.3 is 0 Å². The van der Waals surface area contributed by atoms with Crippen molar-refractivity contribution < 1.29 is 0 Å². The van der Waals surface area contributed by atoms with Gasteiger partial charge in [0, 0.05) is 37.8 Å². The van der Waals surface area contributed by atoms with Crippen LogP contribution in [0.4, 0.5) is 0 Å². The molecule has 0 spiro atoms. The Bertz CT molecular complexity index is 366. The molecule has 5 heteroatoms. The first-order chi connectivity index (χ1) is 10.3. The van der Waals surface area contributed by atoms with Crippen LogP contribution < -0.4 is 10.6 Å². The number of nitrogens with zero attached hydrogens (tertiary/aromatic N) is 3. The Labute approximate surface area is 129 Å². The summed E-state index contributed by atoms with van der Waals surface area (Å²) >= 11 is 0. The molecule has 0 aromatic heterocycles. The van der Waals surface area contributed by atoms with Crippen LogP contribution in [-0.2, 0) is 0 Å². The monoisotopic (exact) mass is 293 g/mol. The summed E-state index contributed by atoms with van der Waals surface area (Å²) in [5.74, 6) is 1.01. The molecule has 1 saturated carbocycles. The second kappa shape index (κ2) is 6.97. The predicted octanol–water partition coefficient (Wildman–Crippen LogP) is 0.872. The van der Waals surface area contributed by atoms with E-state index in [1.165, 1.54) is 51.7 Å². The molecule has 1 aliphatic carbocycles. The molecule has 3 aliphatic rings. The third kappa shape index (κ3) is 4.10. The Morgan fingerprint density at radius 1 is 1.19 bits per heavy atom. The highest BCUT2D eigenvalue weighted by Crippen LogP contribution is 2.29. The van der Waals surface area contributed by atoms with Gasteiger partial charge in [-0.05, 0) is 52.6 Å². The van der Waals surface area contributed by atoms with Crippen molar-refractivity contribution >= 4 is 5.96 Å². The van der Waals surface area contributed by atoms with E-state index in [9.17, 15) is 0 Å². The predicted molar refractivity (Wildman–Crippen MR) is 87.8 cm³/mol. The van der Waals surface area contributed by atoms with Gasteiger partial charge in [0.2, 0.25) is 0 Å². The van der Waals surface area contributed by atoms with Crippen molar-refractivity contribution in [1.29, 1.82) is 0 Å². The number of guanidine groups is 1. The Morgan fingerprint density at radius 3 is 2.71 bits per heavy atom. The molecule has 2 N–H and O–H groups in total. The summed E-state index contributed by atoms with van der Waals surface area (Å²) in [4.78, 5) is 9.92. The van der Waals surface area contributed by atoms with Gasteiger partial charge in [-0.2, -0.15) is 0 Å². The molecular formula is C16H31N5. The highest BCUT2D eigenvalue weighted by Gasteiger charge is 2.34. The SMILES string of the molecule is CCNC(=NCC1CCCN1C)NC1CCN(C2CC2)C1. The molecule has 2 aliphatic heterocycles. The summed E-state index contributed by atoms with van der Waals surface area (Å²) in [5, 5.41) is 7.06. The Kier molecular flexibility index (Phi) is 5.01. The number of hydrogen-bond acceptors (Lipinski definition) is 3. The van der Waals surface area contributed by atoms with Crippen molar-refractivity contribution in [3.8, 4) is 0 Å². The summed E-state index contributed by atoms with van der Waals surface area (Å²) in [6.45, 7) is 7.68. The first-order valence-corrected chi connectivity index (χ1v) is 8.75. The van der Waals surface area contributed by atoms with Crippen molar-refractivity contribution in [3.63, 3.8) is 0 Å².